The van der Waals surface area contributed by atoms with E-state index >= 15 is 0 Å². The number of pyridine rings is 1. The largest absolute Gasteiger partial charge is 0.497 e. The van der Waals surface area contributed by atoms with E-state index in [9.17, 15) is 0 Å². The minimum Gasteiger partial charge on any atom is -0.497 e. The number of anilines is 2. The van der Waals surface area contributed by atoms with Gasteiger partial charge >= 0.3 is 0 Å². The molecule has 1 saturated heterocycles. The van der Waals surface area contributed by atoms with Crippen molar-refractivity contribution in [1.29, 1.82) is 0 Å². The van der Waals surface area contributed by atoms with Crippen molar-refractivity contribution in [1.82, 2.24) is 19.4 Å². The van der Waals surface area contributed by atoms with Crippen molar-refractivity contribution in [3.8, 4) is 5.75 Å². The lowest BCUT2D eigenvalue weighted by Gasteiger charge is -2.40. The molecule has 1 spiro atoms. The Balaban J connectivity index is 1.28. The molecule has 0 atom stereocenters. The van der Waals surface area contributed by atoms with Gasteiger partial charge in [-0.05, 0) is 74.3 Å². The molecule has 1 aliphatic carbocycles. The first-order valence-corrected chi connectivity index (χ1v) is 13.4. The number of piperidine rings is 1. The second kappa shape index (κ2) is 8.85. The van der Waals surface area contributed by atoms with Crippen LogP contribution in [0.4, 0.5) is 11.8 Å². The minimum absolute atomic E-state index is 0.328. The van der Waals surface area contributed by atoms with Crippen molar-refractivity contribution < 1.29 is 4.74 Å². The molecule has 186 valence electrons. The second-order valence-electron chi connectivity index (χ2n) is 9.99. The van der Waals surface area contributed by atoms with Gasteiger partial charge in [0.2, 0.25) is 5.95 Å². The van der Waals surface area contributed by atoms with Gasteiger partial charge in [-0.25, -0.2) is 15.0 Å². The predicted octanol–water partition coefficient (Wildman–Crippen LogP) is 5.52. The Labute approximate surface area is 220 Å². The molecule has 1 aromatic carbocycles. The highest BCUT2D eigenvalue weighted by Crippen LogP contribution is 2.46. The highest BCUT2D eigenvalue weighted by molar-refractivity contribution is 7.99. The average Bonchev–Trinajstić information content (AvgIpc) is 3.43. The van der Waals surface area contributed by atoms with Gasteiger partial charge in [0.15, 0.2) is 5.65 Å². The van der Waals surface area contributed by atoms with Gasteiger partial charge in [0.05, 0.1) is 28.4 Å². The number of benzene rings is 1. The smallest absolute Gasteiger partial charge is 0.211 e. The lowest BCUT2D eigenvalue weighted by molar-refractivity contribution is 0.231. The molecule has 0 unspecified atom stereocenters. The van der Waals surface area contributed by atoms with Crippen molar-refractivity contribution in [3.05, 3.63) is 64.2 Å². The van der Waals surface area contributed by atoms with Crippen molar-refractivity contribution in [2.45, 2.75) is 49.3 Å². The number of fused-ring (bicyclic) bond motifs is 2. The summed E-state index contributed by atoms with van der Waals surface area (Å²) >= 11 is 7.98. The van der Waals surface area contributed by atoms with Gasteiger partial charge in [0.1, 0.15) is 11.6 Å². The molecule has 1 fully saturated rings. The van der Waals surface area contributed by atoms with Crippen LogP contribution in [0.5, 0.6) is 5.75 Å². The maximum absolute atomic E-state index is 6.44. The molecule has 1 aliphatic heterocycles. The van der Waals surface area contributed by atoms with Crippen LogP contribution in [0.2, 0.25) is 5.02 Å². The summed E-state index contributed by atoms with van der Waals surface area (Å²) < 4.78 is 7.59. The fraction of sp³-hybridized carbons (Fsp3) is 0.370. The molecular formula is C27H29ClN6OS. The maximum atomic E-state index is 6.44. The number of hydrogen-bond donors (Lipinski definition) is 1. The van der Waals surface area contributed by atoms with Crippen molar-refractivity contribution >= 4 is 40.8 Å². The highest BCUT2D eigenvalue weighted by Gasteiger charge is 2.40. The Hall–Kier alpha value is -2.97. The molecule has 6 rings (SSSR count). The van der Waals surface area contributed by atoms with Gasteiger partial charge < -0.3 is 15.4 Å². The number of aromatic nitrogens is 4. The van der Waals surface area contributed by atoms with Crippen molar-refractivity contribution in [2.75, 3.05) is 30.8 Å². The monoisotopic (exact) mass is 520 g/mol. The van der Waals surface area contributed by atoms with Crippen LogP contribution < -0.4 is 15.4 Å². The van der Waals surface area contributed by atoms with E-state index in [1.54, 1.807) is 13.3 Å². The number of methoxy groups -OCH3 is 1. The summed E-state index contributed by atoms with van der Waals surface area (Å²) in [4.78, 5) is 18.3. The third kappa shape index (κ3) is 3.96. The fourth-order valence-electron chi connectivity index (χ4n) is 5.67. The first kappa shape index (κ1) is 23.4. The average molecular weight is 521 g/mol. The minimum atomic E-state index is 0.328. The summed E-state index contributed by atoms with van der Waals surface area (Å²) in [6.45, 7) is 6.01. The fourth-order valence-corrected chi connectivity index (χ4v) is 6.87. The van der Waals surface area contributed by atoms with Crippen LogP contribution in [-0.2, 0) is 12.8 Å². The Morgan fingerprint density at radius 3 is 2.64 bits per heavy atom. The molecule has 4 aromatic rings. The van der Waals surface area contributed by atoms with Crippen LogP contribution in [0.1, 0.15) is 35.4 Å². The Morgan fingerprint density at radius 2 is 1.86 bits per heavy atom. The lowest BCUT2D eigenvalue weighted by Crippen LogP contribution is -2.41. The number of nitrogens with two attached hydrogens (primary N) is 1. The summed E-state index contributed by atoms with van der Waals surface area (Å²) in [6, 6.07) is 8.43. The summed E-state index contributed by atoms with van der Waals surface area (Å²) in [5.74, 6) is 2.24. The van der Waals surface area contributed by atoms with Crippen molar-refractivity contribution in [2.24, 2.45) is 5.41 Å². The van der Waals surface area contributed by atoms with E-state index in [1.807, 2.05) is 19.9 Å². The first-order valence-electron chi connectivity index (χ1n) is 12.2. The van der Waals surface area contributed by atoms with E-state index < -0.39 is 0 Å². The highest BCUT2D eigenvalue weighted by atomic mass is 35.5. The standard InChI is InChI=1S/C27H29ClN6OS/c1-16-15-34-25(31-16)23(36-21-6-9-30-24(29)22(21)28)17(2)32-26(34)33-10-7-27(8-11-33)13-18-4-5-20(35-3)12-19(18)14-27/h4-6,9,12,15H,7-8,10-11,13-14H2,1-3H3,(H2,29,30). The maximum Gasteiger partial charge on any atom is 0.211 e. The number of imidazole rings is 1. The topological polar surface area (TPSA) is 81.6 Å². The SMILES string of the molecule is COc1ccc2c(c1)CC1(CCN(c3nc(C)c(Sc4ccnc(N)c4Cl)c4nc(C)cn34)CC1)C2. The zero-order valence-corrected chi connectivity index (χ0v) is 22.3. The number of ether oxygens (including phenoxy) is 1. The summed E-state index contributed by atoms with van der Waals surface area (Å²) in [7, 11) is 1.74. The van der Waals surface area contributed by atoms with E-state index in [-0.39, 0.29) is 0 Å². The van der Waals surface area contributed by atoms with E-state index in [1.165, 1.54) is 22.9 Å². The van der Waals surface area contributed by atoms with Gasteiger partial charge in [-0.3, -0.25) is 4.40 Å². The molecule has 0 radical (unpaired) electrons. The zero-order chi connectivity index (χ0) is 25.0. The number of halogens is 1. The van der Waals surface area contributed by atoms with Crippen LogP contribution in [-0.4, -0.2) is 39.6 Å². The van der Waals surface area contributed by atoms with Gasteiger partial charge in [-0.1, -0.05) is 29.4 Å². The Kier molecular flexibility index (Phi) is 5.76. The van der Waals surface area contributed by atoms with Crippen LogP contribution in [0, 0.1) is 19.3 Å². The summed E-state index contributed by atoms with van der Waals surface area (Å²) in [6.07, 6.45) is 8.31. The molecule has 0 saturated carbocycles. The number of rotatable bonds is 4. The van der Waals surface area contributed by atoms with Crippen LogP contribution >= 0.6 is 23.4 Å². The second-order valence-corrected chi connectivity index (χ2v) is 11.4. The van der Waals surface area contributed by atoms with Crippen LogP contribution in [0.3, 0.4) is 0 Å². The van der Waals surface area contributed by atoms with E-state index in [0.29, 0.717) is 16.3 Å². The zero-order valence-electron chi connectivity index (χ0n) is 20.7. The molecule has 2 aliphatic rings. The molecule has 4 heterocycles. The first-order chi connectivity index (χ1) is 17.4. The van der Waals surface area contributed by atoms with E-state index in [4.69, 9.17) is 32.0 Å². The lowest BCUT2D eigenvalue weighted by atomic mass is 9.76. The van der Waals surface area contributed by atoms with E-state index in [2.05, 4.69) is 38.7 Å². The molecule has 0 amide bonds. The summed E-state index contributed by atoms with van der Waals surface area (Å²) in [5, 5.41) is 0.462. The van der Waals surface area contributed by atoms with Crippen LogP contribution in [0.15, 0.2) is 46.5 Å². The molecule has 36 heavy (non-hydrogen) atoms. The number of nitrogens with zero attached hydrogens (tertiary/aromatic N) is 5. The normalized spacial score (nSPS) is 16.6. The Morgan fingerprint density at radius 1 is 1.08 bits per heavy atom. The van der Waals surface area contributed by atoms with Gasteiger partial charge in [-0.2, -0.15) is 0 Å². The van der Waals surface area contributed by atoms with Gasteiger partial charge in [-0.15, -0.1) is 0 Å². The summed E-state index contributed by atoms with van der Waals surface area (Å²) in [5.41, 5.74) is 12.0. The van der Waals surface area contributed by atoms with Crippen LogP contribution in [0.25, 0.3) is 5.65 Å². The van der Waals surface area contributed by atoms with Crippen molar-refractivity contribution in [3.63, 3.8) is 0 Å². The molecule has 7 nitrogen and oxygen atoms in total. The quantitative estimate of drug-likeness (QED) is 0.379. The molecule has 3 aromatic heterocycles. The molecular weight excluding hydrogens is 492 g/mol. The van der Waals surface area contributed by atoms with E-state index in [0.717, 1.165) is 77.3 Å². The van der Waals surface area contributed by atoms with Gasteiger partial charge in [0, 0.05) is 30.4 Å². The molecule has 9 heteroatoms. The third-order valence-corrected chi connectivity index (χ3v) is 9.34. The number of aryl methyl sites for hydroxylation is 2. The number of nitrogen functional groups attached to an aromatic ring is 1. The Bertz CT molecular complexity index is 1480. The third-order valence-electron chi connectivity index (χ3n) is 7.59. The predicted molar refractivity (Wildman–Crippen MR) is 145 cm³/mol. The number of hydrogen-bond acceptors (Lipinski definition) is 7. The molecule has 2 N–H and O–H groups in total. The van der Waals surface area contributed by atoms with Gasteiger partial charge in [0.25, 0.3) is 0 Å². The molecule has 0 bridgehead atoms.